The lowest BCUT2D eigenvalue weighted by Crippen LogP contribution is -2.02. The normalized spacial score (nSPS) is 10.4. The van der Waals surface area contributed by atoms with Gasteiger partial charge in [0.15, 0.2) is 11.6 Å². The summed E-state index contributed by atoms with van der Waals surface area (Å²) in [6.07, 6.45) is 0. The topological polar surface area (TPSA) is 46.5 Å². The standard InChI is InChI=1S/C15H12F2O3S/c16-13-5-4-12(9-14(13)17)21-7-6-20-11-3-1-2-10(8-11)15(18)19/h1-5,8-9H,6-7H2,(H,18,19). The van der Waals surface area contributed by atoms with E-state index in [9.17, 15) is 13.6 Å². The van der Waals surface area contributed by atoms with Crippen LogP contribution in [0.1, 0.15) is 10.4 Å². The Bertz CT molecular complexity index is 647. The molecule has 0 aliphatic rings. The van der Waals surface area contributed by atoms with Crippen molar-refractivity contribution in [2.45, 2.75) is 4.90 Å². The molecule has 110 valence electrons. The molecular formula is C15H12F2O3S. The number of rotatable bonds is 6. The van der Waals surface area contributed by atoms with Gasteiger partial charge in [-0.2, -0.15) is 0 Å². The van der Waals surface area contributed by atoms with E-state index in [1.165, 1.54) is 30.0 Å². The maximum absolute atomic E-state index is 13.0. The van der Waals surface area contributed by atoms with Crippen molar-refractivity contribution < 1.29 is 23.4 Å². The summed E-state index contributed by atoms with van der Waals surface area (Å²) in [6, 6.07) is 9.87. The molecule has 0 spiro atoms. The third-order valence-corrected chi connectivity index (χ3v) is 3.55. The van der Waals surface area contributed by atoms with Crippen LogP contribution in [0.25, 0.3) is 0 Å². The van der Waals surface area contributed by atoms with Gasteiger partial charge in [-0.05, 0) is 36.4 Å². The minimum atomic E-state index is -1.02. The fraction of sp³-hybridized carbons (Fsp3) is 0.133. The lowest BCUT2D eigenvalue weighted by Gasteiger charge is -2.07. The largest absolute Gasteiger partial charge is 0.493 e. The highest BCUT2D eigenvalue weighted by molar-refractivity contribution is 7.99. The number of carboxylic acids is 1. The zero-order valence-corrected chi connectivity index (χ0v) is 11.7. The van der Waals surface area contributed by atoms with Crippen molar-refractivity contribution in [2.75, 3.05) is 12.4 Å². The molecule has 21 heavy (non-hydrogen) atoms. The Labute approximate surface area is 124 Å². The van der Waals surface area contributed by atoms with Crippen LogP contribution in [0.3, 0.4) is 0 Å². The van der Waals surface area contributed by atoms with E-state index in [1.54, 1.807) is 12.1 Å². The average molecular weight is 310 g/mol. The summed E-state index contributed by atoms with van der Waals surface area (Å²) in [7, 11) is 0. The molecule has 0 heterocycles. The van der Waals surface area contributed by atoms with Crippen molar-refractivity contribution >= 4 is 17.7 Å². The Kier molecular flexibility index (Phi) is 5.16. The second-order valence-electron chi connectivity index (χ2n) is 4.11. The highest BCUT2D eigenvalue weighted by Gasteiger charge is 2.05. The fourth-order valence-electron chi connectivity index (χ4n) is 1.60. The first-order chi connectivity index (χ1) is 10.1. The number of hydrogen-bond donors (Lipinski definition) is 1. The molecule has 3 nitrogen and oxygen atoms in total. The van der Waals surface area contributed by atoms with Crippen LogP contribution < -0.4 is 4.74 Å². The molecule has 2 aromatic carbocycles. The van der Waals surface area contributed by atoms with Crippen LogP contribution in [0.5, 0.6) is 5.75 Å². The molecule has 0 bridgehead atoms. The van der Waals surface area contributed by atoms with E-state index in [1.807, 2.05) is 0 Å². The zero-order chi connectivity index (χ0) is 15.2. The lowest BCUT2D eigenvalue weighted by atomic mass is 10.2. The molecule has 6 heteroatoms. The molecule has 0 unspecified atom stereocenters. The summed E-state index contributed by atoms with van der Waals surface area (Å²) in [5, 5.41) is 8.85. The minimum absolute atomic E-state index is 0.153. The molecule has 0 aliphatic heterocycles. The predicted molar refractivity (Wildman–Crippen MR) is 76.0 cm³/mol. The minimum Gasteiger partial charge on any atom is -0.493 e. The third kappa shape index (κ3) is 4.46. The van der Waals surface area contributed by atoms with E-state index in [4.69, 9.17) is 9.84 Å². The van der Waals surface area contributed by atoms with Crippen molar-refractivity contribution in [1.82, 2.24) is 0 Å². The van der Waals surface area contributed by atoms with Crippen LogP contribution in [0, 0.1) is 11.6 Å². The first-order valence-electron chi connectivity index (χ1n) is 6.10. The van der Waals surface area contributed by atoms with Crippen LogP contribution in [-0.2, 0) is 0 Å². The highest BCUT2D eigenvalue weighted by atomic mass is 32.2. The van der Waals surface area contributed by atoms with E-state index < -0.39 is 17.6 Å². The zero-order valence-electron chi connectivity index (χ0n) is 10.9. The Balaban J connectivity index is 1.83. The molecule has 1 N–H and O–H groups in total. The number of benzene rings is 2. The SMILES string of the molecule is O=C(O)c1cccc(OCCSc2ccc(F)c(F)c2)c1. The first-order valence-corrected chi connectivity index (χ1v) is 7.09. The monoisotopic (exact) mass is 310 g/mol. The number of ether oxygens (including phenoxy) is 1. The molecule has 2 aromatic rings. The average Bonchev–Trinajstić information content (AvgIpc) is 2.47. The number of halogens is 2. The van der Waals surface area contributed by atoms with Crippen LogP contribution in [0.4, 0.5) is 8.78 Å². The van der Waals surface area contributed by atoms with Crippen LogP contribution in [0.2, 0.25) is 0 Å². The molecule has 0 aromatic heterocycles. The quantitative estimate of drug-likeness (QED) is 0.650. The molecule has 0 aliphatic carbocycles. The van der Waals surface area contributed by atoms with Gasteiger partial charge in [0.05, 0.1) is 12.2 Å². The van der Waals surface area contributed by atoms with Crippen molar-refractivity contribution in [3.05, 3.63) is 59.7 Å². The van der Waals surface area contributed by atoms with Crippen LogP contribution in [-0.4, -0.2) is 23.4 Å². The maximum atomic E-state index is 13.0. The summed E-state index contributed by atoms with van der Waals surface area (Å²) >= 11 is 1.33. The number of carbonyl (C=O) groups is 1. The van der Waals surface area contributed by atoms with Gasteiger partial charge in [0.2, 0.25) is 0 Å². The predicted octanol–water partition coefficient (Wildman–Crippen LogP) is 3.83. The van der Waals surface area contributed by atoms with E-state index in [-0.39, 0.29) is 5.56 Å². The fourth-order valence-corrected chi connectivity index (χ4v) is 2.36. The molecule has 0 saturated heterocycles. The van der Waals surface area contributed by atoms with E-state index >= 15 is 0 Å². The smallest absolute Gasteiger partial charge is 0.335 e. The van der Waals surface area contributed by atoms with Gasteiger partial charge in [-0.15, -0.1) is 11.8 Å². The number of aromatic carboxylic acids is 1. The van der Waals surface area contributed by atoms with Gasteiger partial charge in [-0.3, -0.25) is 0 Å². The Hall–Kier alpha value is -2.08. The van der Waals surface area contributed by atoms with Crippen molar-refractivity contribution in [3.8, 4) is 5.75 Å². The van der Waals surface area contributed by atoms with Gasteiger partial charge in [0, 0.05) is 10.6 Å². The summed E-state index contributed by atoms with van der Waals surface area (Å²) in [6.45, 7) is 0.326. The molecule has 0 atom stereocenters. The number of hydrogen-bond acceptors (Lipinski definition) is 3. The summed E-state index contributed by atoms with van der Waals surface area (Å²) in [4.78, 5) is 11.4. The second-order valence-corrected chi connectivity index (χ2v) is 5.27. The van der Waals surface area contributed by atoms with Gasteiger partial charge in [0.25, 0.3) is 0 Å². The summed E-state index contributed by atoms with van der Waals surface area (Å²) in [5.41, 5.74) is 0.153. The van der Waals surface area contributed by atoms with Crippen molar-refractivity contribution in [1.29, 1.82) is 0 Å². The molecule has 0 saturated carbocycles. The van der Waals surface area contributed by atoms with Gasteiger partial charge in [-0.1, -0.05) is 6.07 Å². The van der Waals surface area contributed by atoms with Crippen LogP contribution >= 0.6 is 11.8 Å². The maximum Gasteiger partial charge on any atom is 0.335 e. The van der Waals surface area contributed by atoms with E-state index in [0.717, 1.165) is 12.1 Å². The molecule has 0 radical (unpaired) electrons. The lowest BCUT2D eigenvalue weighted by molar-refractivity contribution is 0.0696. The highest BCUT2D eigenvalue weighted by Crippen LogP contribution is 2.21. The molecular weight excluding hydrogens is 298 g/mol. The van der Waals surface area contributed by atoms with E-state index in [0.29, 0.717) is 23.0 Å². The summed E-state index contributed by atoms with van der Waals surface area (Å²) < 4.78 is 31.2. The second kappa shape index (κ2) is 7.08. The van der Waals surface area contributed by atoms with Gasteiger partial charge < -0.3 is 9.84 Å². The number of thioether (sulfide) groups is 1. The van der Waals surface area contributed by atoms with Crippen molar-refractivity contribution in [2.24, 2.45) is 0 Å². The molecule has 0 fully saturated rings. The van der Waals surface area contributed by atoms with Gasteiger partial charge >= 0.3 is 5.97 Å². The Morgan fingerprint density at radius 3 is 2.67 bits per heavy atom. The number of carboxylic acid groups (broad SMARTS) is 1. The van der Waals surface area contributed by atoms with Gasteiger partial charge in [0.1, 0.15) is 5.75 Å². The van der Waals surface area contributed by atoms with Gasteiger partial charge in [-0.25, -0.2) is 13.6 Å². The molecule has 0 amide bonds. The van der Waals surface area contributed by atoms with E-state index in [2.05, 4.69) is 0 Å². The molecule has 2 rings (SSSR count). The Morgan fingerprint density at radius 2 is 1.95 bits per heavy atom. The van der Waals surface area contributed by atoms with Crippen LogP contribution in [0.15, 0.2) is 47.4 Å². The first kappa shape index (κ1) is 15.3. The Morgan fingerprint density at radius 1 is 1.14 bits per heavy atom. The van der Waals surface area contributed by atoms with Crippen molar-refractivity contribution in [3.63, 3.8) is 0 Å². The third-order valence-electron chi connectivity index (χ3n) is 2.59. The summed E-state index contributed by atoms with van der Waals surface area (Å²) in [5.74, 6) is -1.78.